The number of nitrogens with one attached hydrogen (secondary N) is 2. The van der Waals surface area contributed by atoms with Crippen molar-refractivity contribution in [3.05, 3.63) is 65.9 Å². The molecule has 34 heavy (non-hydrogen) atoms. The van der Waals surface area contributed by atoms with Crippen LogP contribution in [-0.4, -0.2) is 15.6 Å². The summed E-state index contributed by atoms with van der Waals surface area (Å²) in [5, 5.41) is 5.84. The summed E-state index contributed by atoms with van der Waals surface area (Å²) in [4.78, 5) is 8.05. The number of nitrogens with zero attached hydrogens (tertiary/aromatic N) is 2. The zero-order chi connectivity index (χ0) is 24.3. The third kappa shape index (κ3) is 6.18. The van der Waals surface area contributed by atoms with Crippen LogP contribution in [0.25, 0.3) is 0 Å². The van der Waals surface area contributed by atoms with E-state index in [2.05, 4.69) is 20.6 Å². The van der Waals surface area contributed by atoms with Gasteiger partial charge in [-0.3, -0.25) is 0 Å². The fourth-order valence-corrected chi connectivity index (χ4v) is 4.10. The second-order valence-electron chi connectivity index (χ2n) is 9.55. The Balaban J connectivity index is 1.56. The van der Waals surface area contributed by atoms with Crippen LogP contribution in [0.15, 0.2) is 54.7 Å². The molecule has 1 aromatic heterocycles. The Bertz CT molecular complexity index is 1120. The van der Waals surface area contributed by atoms with E-state index in [4.69, 9.17) is 4.74 Å². The van der Waals surface area contributed by atoms with Crippen molar-refractivity contribution < 1.29 is 17.9 Å². The van der Waals surface area contributed by atoms with Gasteiger partial charge in [0.1, 0.15) is 22.7 Å². The van der Waals surface area contributed by atoms with E-state index >= 15 is 0 Å². The number of hydrogen-bond acceptors (Lipinski definition) is 5. The summed E-state index contributed by atoms with van der Waals surface area (Å²) >= 11 is 0. The number of alkyl halides is 3. The van der Waals surface area contributed by atoms with Gasteiger partial charge in [-0.25, -0.2) is 4.98 Å². The monoisotopic (exact) mass is 470 g/mol. The van der Waals surface area contributed by atoms with Gasteiger partial charge in [0, 0.05) is 17.6 Å². The standard InChI is InChI=1S/C26H29F3N4O/c1-25(2,3)34-21-13-11-19(12-14-21)32-24-30-16-22(26(27,28)29)23(33-24)31-20-10-6-9-18(15-20)17-7-4-5-8-17/h6,9-17H,4-5,7-8H2,1-3H3,(H2,30,31,32,33). The molecule has 8 heteroatoms. The molecule has 4 rings (SSSR count). The Morgan fingerprint density at radius 3 is 2.26 bits per heavy atom. The minimum atomic E-state index is -4.59. The zero-order valence-corrected chi connectivity index (χ0v) is 19.5. The summed E-state index contributed by atoms with van der Waals surface area (Å²) in [6.45, 7) is 5.85. The summed E-state index contributed by atoms with van der Waals surface area (Å²) in [6.07, 6.45) is 0.803. The SMILES string of the molecule is CC(C)(C)Oc1ccc(Nc2ncc(C(F)(F)F)c(Nc3cccc(C4CCCC4)c3)n2)cc1. The molecule has 1 aliphatic rings. The molecule has 5 nitrogen and oxygen atoms in total. The first-order valence-electron chi connectivity index (χ1n) is 11.4. The van der Waals surface area contributed by atoms with Crippen molar-refractivity contribution in [3.63, 3.8) is 0 Å². The molecule has 0 aliphatic heterocycles. The number of ether oxygens (including phenoxy) is 1. The van der Waals surface area contributed by atoms with Crippen LogP contribution in [0.3, 0.4) is 0 Å². The van der Waals surface area contributed by atoms with Gasteiger partial charge in [-0.1, -0.05) is 25.0 Å². The zero-order valence-electron chi connectivity index (χ0n) is 19.5. The first-order chi connectivity index (χ1) is 16.1. The summed E-state index contributed by atoms with van der Waals surface area (Å²) in [7, 11) is 0. The first-order valence-corrected chi connectivity index (χ1v) is 11.4. The molecule has 0 bridgehead atoms. The molecule has 1 saturated carbocycles. The van der Waals surface area contributed by atoms with Gasteiger partial charge in [0.05, 0.1) is 0 Å². The predicted octanol–water partition coefficient (Wildman–Crippen LogP) is 7.82. The second kappa shape index (κ2) is 9.52. The molecule has 0 atom stereocenters. The highest BCUT2D eigenvalue weighted by Gasteiger charge is 2.35. The van der Waals surface area contributed by atoms with E-state index < -0.39 is 11.7 Å². The highest BCUT2D eigenvalue weighted by Crippen LogP contribution is 2.38. The van der Waals surface area contributed by atoms with Crippen molar-refractivity contribution in [2.75, 3.05) is 10.6 Å². The Hall–Kier alpha value is -3.29. The molecule has 0 radical (unpaired) electrons. The highest BCUT2D eigenvalue weighted by molar-refractivity contribution is 5.63. The molecular weight excluding hydrogens is 441 g/mol. The van der Waals surface area contributed by atoms with Gasteiger partial charge < -0.3 is 15.4 Å². The van der Waals surface area contributed by atoms with E-state index in [0.717, 1.165) is 24.6 Å². The Morgan fingerprint density at radius 2 is 1.62 bits per heavy atom. The summed E-state index contributed by atoms with van der Waals surface area (Å²) in [5.41, 5.74) is 1.10. The second-order valence-corrected chi connectivity index (χ2v) is 9.55. The third-order valence-electron chi connectivity index (χ3n) is 5.60. The Labute approximate surface area is 197 Å². The van der Waals surface area contributed by atoms with Gasteiger partial charge in [0.2, 0.25) is 5.95 Å². The average molecular weight is 471 g/mol. The molecule has 0 unspecified atom stereocenters. The number of rotatable bonds is 6. The van der Waals surface area contributed by atoms with Crippen molar-refractivity contribution in [2.24, 2.45) is 0 Å². The van der Waals surface area contributed by atoms with Gasteiger partial charge in [0.25, 0.3) is 0 Å². The molecule has 0 amide bonds. The molecule has 180 valence electrons. The van der Waals surface area contributed by atoms with Gasteiger partial charge in [0.15, 0.2) is 0 Å². The maximum absolute atomic E-state index is 13.7. The molecule has 2 aromatic carbocycles. The minimum absolute atomic E-state index is 0.0620. The van der Waals surface area contributed by atoms with Gasteiger partial charge in [-0.05, 0) is 81.5 Å². The number of aromatic nitrogens is 2. The first kappa shape index (κ1) is 23.9. The molecule has 1 fully saturated rings. The molecule has 1 aliphatic carbocycles. The Kier molecular flexibility index (Phi) is 6.68. The highest BCUT2D eigenvalue weighted by atomic mass is 19.4. The molecule has 2 N–H and O–H groups in total. The van der Waals surface area contributed by atoms with Gasteiger partial charge in [-0.2, -0.15) is 18.2 Å². The van der Waals surface area contributed by atoms with E-state index in [0.29, 0.717) is 23.0 Å². The summed E-state index contributed by atoms with van der Waals surface area (Å²) in [5.74, 6) is 0.917. The molecule has 3 aromatic rings. The van der Waals surface area contributed by atoms with Crippen LogP contribution in [0.2, 0.25) is 0 Å². The quantitative estimate of drug-likeness (QED) is 0.385. The van der Waals surface area contributed by atoms with E-state index in [1.54, 1.807) is 30.3 Å². The summed E-state index contributed by atoms with van der Waals surface area (Å²) in [6, 6.07) is 14.7. The predicted molar refractivity (Wildman–Crippen MR) is 128 cm³/mol. The van der Waals surface area contributed by atoms with Crippen molar-refractivity contribution in [3.8, 4) is 5.75 Å². The normalized spacial score (nSPS) is 14.8. The maximum Gasteiger partial charge on any atom is 0.421 e. The average Bonchev–Trinajstić information content (AvgIpc) is 3.29. The van der Waals surface area contributed by atoms with Crippen LogP contribution in [0.5, 0.6) is 5.75 Å². The number of benzene rings is 2. The van der Waals surface area contributed by atoms with Crippen LogP contribution in [0, 0.1) is 0 Å². The summed E-state index contributed by atoms with van der Waals surface area (Å²) < 4.78 is 46.8. The van der Waals surface area contributed by atoms with Crippen LogP contribution >= 0.6 is 0 Å². The lowest BCUT2D eigenvalue weighted by Gasteiger charge is -2.21. The van der Waals surface area contributed by atoms with Crippen molar-refractivity contribution >= 4 is 23.1 Å². The Morgan fingerprint density at radius 1 is 0.912 bits per heavy atom. The fourth-order valence-electron chi connectivity index (χ4n) is 4.10. The van der Waals surface area contributed by atoms with Crippen LogP contribution in [-0.2, 0) is 6.18 Å². The van der Waals surface area contributed by atoms with Crippen molar-refractivity contribution in [2.45, 2.75) is 64.1 Å². The lowest BCUT2D eigenvalue weighted by molar-refractivity contribution is -0.137. The lowest BCUT2D eigenvalue weighted by atomic mass is 9.97. The third-order valence-corrected chi connectivity index (χ3v) is 5.60. The van der Waals surface area contributed by atoms with E-state index in [-0.39, 0.29) is 17.4 Å². The molecule has 0 spiro atoms. The number of anilines is 4. The van der Waals surface area contributed by atoms with E-state index in [9.17, 15) is 13.2 Å². The van der Waals surface area contributed by atoms with Crippen LogP contribution in [0.1, 0.15) is 63.5 Å². The van der Waals surface area contributed by atoms with E-state index in [1.807, 2.05) is 39.0 Å². The van der Waals surface area contributed by atoms with E-state index in [1.165, 1.54) is 12.8 Å². The lowest BCUT2D eigenvalue weighted by Crippen LogP contribution is -2.22. The fraction of sp³-hybridized carbons (Fsp3) is 0.385. The van der Waals surface area contributed by atoms with Crippen LogP contribution < -0.4 is 15.4 Å². The molecule has 1 heterocycles. The molecular formula is C26H29F3N4O. The number of halogens is 3. The van der Waals surface area contributed by atoms with Crippen molar-refractivity contribution in [1.82, 2.24) is 9.97 Å². The largest absolute Gasteiger partial charge is 0.488 e. The van der Waals surface area contributed by atoms with Crippen LogP contribution in [0.4, 0.5) is 36.3 Å². The maximum atomic E-state index is 13.7. The minimum Gasteiger partial charge on any atom is -0.488 e. The van der Waals surface area contributed by atoms with Crippen molar-refractivity contribution in [1.29, 1.82) is 0 Å². The number of hydrogen-bond donors (Lipinski definition) is 2. The smallest absolute Gasteiger partial charge is 0.421 e. The topological polar surface area (TPSA) is 59.1 Å². The van der Waals surface area contributed by atoms with Gasteiger partial charge >= 0.3 is 6.18 Å². The molecule has 0 saturated heterocycles. The van der Waals surface area contributed by atoms with Gasteiger partial charge in [-0.15, -0.1) is 0 Å².